The minimum absolute atomic E-state index is 0.0229. The second kappa shape index (κ2) is 8.25. The van der Waals surface area contributed by atoms with Crippen molar-refractivity contribution in [2.75, 3.05) is 12.0 Å². The van der Waals surface area contributed by atoms with Gasteiger partial charge < -0.3 is 4.74 Å². The molecule has 0 fully saturated rings. The quantitative estimate of drug-likeness (QED) is 0.603. The van der Waals surface area contributed by atoms with Gasteiger partial charge in [-0.1, -0.05) is 41.4 Å². The number of nitrogens with zero attached hydrogens (tertiary/aromatic N) is 1. The number of ether oxygens (including phenoxy) is 1. The van der Waals surface area contributed by atoms with Crippen molar-refractivity contribution in [1.82, 2.24) is 0 Å². The second-order valence-corrected chi connectivity index (χ2v) is 8.08. The summed E-state index contributed by atoms with van der Waals surface area (Å²) >= 11 is 12.8. The van der Waals surface area contributed by atoms with E-state index in [-0.39, 0.29) is 23.7 Å². The Balaban J connectivity index is 1.93. The van der Waals surface area contributed by atoms with Crippen LogP contribution in [-0.2, 0) is 14.3 Å². The van der Waals surface area contributed by atoms with Gasteiger partial charge in [0.2, 0.25) is 5.91 Å². The van der Waals surface area contributed by atoms with Crippen molar-refractivity contribution in [3.05, 3.63) is 74.9 Å². The Morgan fingerprint density at radius 2 is 1.73 bits per heavy atom. The summed E-state index contributed by atoms with van der Waals surface area (Å²) in [6.07, 6.45) is 1.60. The largest absolute Gasteiger partial charge is 0.465 e. The van der Waals surface area contributed by atoms with E-state index in [2.05, 4.69) is 0 Å². The number of amides is 1. The summed E-state index contributed by atoms with van der Waals surface area (Å²) in [5.41, 5.74) is 2.45. The number of hydrogen-bond donors (Lipinski definition) is 0. The maximum absolute atomic E-state index is 13.4. The molecule has 7 heteroatoms. The lowest BCUT2D eigenvalue weighted by molar-refractivity contribution is -0.119. The van der Waals surface area contributed by atoms with Gasteiger partial charge in [0.05, 0.1) is 18.4 Å². The minimum Gasteiger partial charge on any atom is -0.465 e. The van der Waals surface area contributed by atoms with Gasteiger partial charge in [-0.15, -0.1) is 0 Å². The van der Waals surface area contributed by atoms with Crippen molar-refractivity contribution in [3.63, 3.8) is 0 Å². The van der Waals surface area contributed by atoms with E-state index in [1.807, 2.05) is 0 Å². The predicted molar refractivity (Wildman–Crippen MR) is 115 cm³/mol. The van der Waals surface area contributed by atoms with Crippen LogP contribution in [0.15, 0.2) is 53.7 Å². The molecule has 0 saturated heterocycles. The van der Waals surface area contributed by atoms with Crippen LogP contribution in [0.2, 0.25) is 10.0 Å². The van der Waals surface area contributed by atoms with Crippen LogP contribution in [0.4, 0.5) is 5.69 Å². The molecule has 0 spiro atoms. The lowest BCUT2D eigenvalue weighted by atomic mass is 9.77. The van der Waals surface area contributed by atoms with Crippen LogP contribution in [0, 0.1) is 0 Å². The summed E-state index contributed by atoms with van der Waals surface area (Å²) in [6.45, 7) is 0. The number of carbonyl (C=O) groups is 3. The summed E-state index contributed by atoms with van der Waals surface area (Å²) in [6, 6.07) is 11.9. The minimum atomic E-state index is -0.543. The molecule has 30 heavy (non-hydrogen) atoms. The highest BCUT2D eigenvalue weighted by atomic mass is 35.5. The number of anilines is 1. The van der Waals surface area contributed by atoms with E-state index in [1.165, 1.54) is 12.0 Å². The molecule has 1 heterocycles. The fourth-order valence-corrected chi connectivity index (χ4v) is 4.97. The van der Waals surface area contributed by atoms with Gasteiger partial charge in [0.1, 0.15) is 0 Å². The van der Waals surface area contributed by atoms with Crippen molar-refractivity contribution in [2.45, 2.75) is 31.6 Å². The Labute approximate surface area is 184 Å². The van der Waals surface area contributed by atoms with E-state index in [9.17, 15) is 14.4 Å². The van der Waals surface area contributed by atoms with Crippen molar-refractivity contribution < 1.29 is 19.1 Å². The molecule has 5 nitrogen and oxygen atoms in total. The molecular weight excluding hydrogens is 425 g/mol. The zero-order chi connectivity index (χ0) is 21.4. The first-order valence-corrected chi connectivity index (χ1v) is 10.4. The van der Waals surface area contributed by atoms with Crippen LogP contribution in [-0.4, -0.2) is 24.8 Å². The average Bonchev–Trinajstić information content (AvgIpc) is 2.73. The van der Waals surface area contributed by atoms with Crippen LogP contribution in [0.25, 0.3) is 0 Å². The molecule has 1 unspecified atom stereocenters. The van der Waals surface area contributed by atoms with Gasteiger partial charge in [0.15, 0.2) is 5.78 Å². The van der Waals surface area contributed by atoms with Crippen molar-refractivity contribution in [1.29, 1.82) is 0 Å². The number of ketones is 1. The standard InChI is InChI=1S/C23H19Cl2NO4/c1-30-23(29)13-6-2-3-9-17(13)26-18-10-5-11-19(27)22(18)14(12-20(26)28)21-15(24)7-4-8-16(21)25/h2-4,6-9,14H,5,10-12H2,1H3. The van der Waals surface area contributed by atoms with Gasteiger partial charge in [-0.25, -0.2) is 4.79 Å². The zero-order valence-corrected chi connectivity index (χ0v) is 17.8. The molecule has 2 aromatic rings. The van der Waals surface area contributed by atoms with E-state index >= 15 is 0 Å². The molecule has 0 N–H and O–H groups in total. The molecule has 154 valence electrons. The lowest BCUT2D eigenvalue weighted by Gasteiger charge is -2.39. The summed E-state index contributed by atoms with van der Waals surface area (Å²) in [5, 5.41) is 0.850. The summed E-state index contributed by atoms with van der Waals surface area (Å²) < 4.78 is 4.89. The molecule has 1 atom stereocenters. The monoisotopic (exact) mass is 443 g/mol. The first-order chi connectivity index (χ1) is 14.4. The van der Waals surface area contributed by atoms with Gasteiger partial charge >= 0.3 is 5.97 Å². The highest BCUT2D eigenvalue weighted by molar-refractivity contribution is 6.36. The molecule has 4 rings (SSSR count). The molecule has 0 aromatic heterocycles. The van der Waals surface area contributed by atoms with Gasteiger partial charge in [-0.05, 0) is 42.7 Å². The highest BCUT2D eigenvalue weighted by Crippen LogP contribution is 2.47. The molecule has 0 radical (unpaired) electrons. The summed E-state index contributed by atoms with van der Waals surface area (Å²) in [7, 11) is 1.29. The molecular formula is C23H19Cl2NO4. The molecule has 2 aromatic carbocycles. The van der Waals surface area contributed by atoms with Gasteiger partial charge in [-0.3, -0.25) is 14.5 Å². The van der Waals surface area contributed by atoms with E-state index < -0.39 is 11.9 Å². The van der Waals surface area contributed by atoms with Crippen LogP contribution < -0.4 is 4.90 Å². The Bertz CT molecular complexity index is 1070. The lowest BCUT2D eigenvalue weighted by Crippen LogP contribution is -2.41. The van der Waals surface area contributed by atoms with Gasteiger partial charge in [0, 0.05) is 40.1 Å². The summed E-state index contributed by atoms with van der Waals surface area (Å²) in [4.78, 5) is 40.2. The number of rotatable bonds is 3. The molecule has 2 aliphatic rings. The van der Waals surface area contributed by atoms with Crippen LogP contribution in [0.1, 0.15) is 47.5 Å². The fourth-order valence-electron chi connectivity index (χ4n) is 4.31. The molecule has 1 amide bonds. The third-order valence-corrected chi connectivity index (χ3v) is 6.23. The Morgan fingerprint density at radius 1 is 1.03 bits per heavy atom. The number of benzene rings is 2. The Kier molecular flexibility index (Phi) is 5.67. The molecule has 1 aliphatic heterocycles. The Morgan fingerprint density at radius 3 is 2.43 bits per heavy atom. The number of halogens is 2. The van der Waals surface area contributed by atoms with Crippen molar-refractivity contribution in [2.24, 2.45) is 0 Å². The van der Waals surface area contributed by atoms with Gasteiger partial charge in [-0.2, -0.15) is 0 Å². The zero-order valence-electron chi connectivity index (χ0n) is 16.3. The van der Waals surface area contributed by atoms with Crippen LogP contribution >= 0.6 is 23.2 Å². The maximum atomic E-state index is 13.4. The Hall–Kier alpha value is -2.63. The normalized spacial score (nSPS) is 19.0. The number of allylic oxidation sites excluding steroid dienone is 2. The molecule has 0 bridgehead atoms. The third kappa shape index (κ3) is 3.42. The number of esters is 1. The maximum Gasteiger partial charge on any atom is 0.339 e. The van der Waals surface area contributed by atoms with Crippen LogP contribution in [0.5, 0.6) is 0 Å². The SMILES string of the molecule is COC(=O)c1ccccc1N1C(=O)CC(c2c(Cl)cccc2Cl)C2=C1CCCC2=O. The first kappa shape index (κ1) is 20.6. The van der Waals surface area contributed by atoms with Crippen molar-refractivity contribution in [3.8, 4) is 0 Å². The number of para-hydroxylation sites is 1. The average molecular weight is 444 g/mol. The summed E-state index contributed by atoms with van der Waals surface area (Å²) in [5.74, 6) is -1.30. The van der Waals surface area contributed by atoms with E-state index in [4.69, 9.17) is 27.9 Å². The second-order valence-electron chi connectivity index (χ2n) is 7.27. The number of Topliss-reactive ketones (excluding diaryl/α,β-unsaturated/α-hetero) is 1. The van der Waals surface area contributed by atoms with Crippen molar-refractivity contribution >= 4 is 46.5 Å². The smallest absolute Gasteiger partial charge is 0.339 e. The topological polar surface area (TPSA) is 63.7 Å². The van der Waals surface area contributed by atoms with Crippen LogP contribution in [0.3, 0.4) is 0 Å². The van der Waals surface area contributed by atoms with E-state index in [0.717, 1.165) is 0 Å². The van der Waals surface area contributed by atoms with Gasteiger partial charge in [0.25, 0.3) is 0 Å². The number of carbonyl (C=O) groups excluding carboxylic acids is 3. The fraction of sp³-hybridized carbons (Fsp3) is 0.261. The number of methoxy groups -OCH3 is 1. The van der Waals surface area contributed by atoms with E-state index in [1.54, 1.807) is 42.5 Å². The first-order valence-electron chi connectivity index (χ1n) is 9.64. The predicted octanol–water partition coefficient (Wildman–Crippen LogP) is 5.31. The van der Waals surface area contributed by atoms with E-state index in [0.29, 0.717) is 51.8 Å². The third-order valence-electron chi connectivity index (χ3n) is 5.57. The molecule has 0 saturated carbocycles. The number of hydrogen-bond acceptors (Lipinski definition) is 4. The molecule has 1 aliphatic carbocycles. The highest BCUT2D eigenvalue weighted by Gasteiger charge is 2.41.